The van der Waals surface area contributed by atoms with Gasteiger partial charge in [-0.2, -0.15) is 0 Å². The molecule has 3 saturated heterocycles. The van der Waals surface area contributed by atoms with Crippen LogP contribution in [0.15, 0.2) is 55.0 Å². The number of aromatic nitrogens is 6. The van der Waals surface area contributed by atoms with Crippen LogP contribution >= 0.6 is 11.3 Å². The summed E-state index contributed by atoms with van der Waals surface area (Å²) in [6.45, 7) is 16.7. The van der Waals surface area contributed by atoms with E-state index >= 15 is 4.39 Å². The number of benzene rings is 2. The van der Waals surface area contributed by atoms with Crippen molar-refractivity contribution in [2.45, 2.75) is 143 Å². The number of imidazole rings is 2. The van der Waals surface area contributed by atoms with Crippen molar-refractivity contribution in [2.75, 3.05) is 20.8 Å². The van der Waals surface area contributed by atoms with E-state index in [4.69, 9.17) is 33.9 Å². The van der Waals surface area contributed by atoms with Gasteiger partial charge in [-0.3, -0.25) is 14.2 Å². The number of hydrogen-bond acceptors (Lipinski definition) is 12. The maximum absolute atomic E-state index is 17.1. The van der Waals surface area contributed by atoms with Crippen molar-refractivity contribution >= 4 is 46.2 Å². The molecule has 4 aliphatic rings. The number of aromatic amines is 2. The zero-order valence-corrected chi connectivity index (χ0v) is 45.6. The van der Waals surface area contributed by atoms with Crippen molar-refractivity contribution in [1.82, 2.24) is 49.9 Å². The van der Waals surface area contributed by atoms with E-state index in [0.29, 0.717) is 78.1 Å². The molecule has 10 rings (SSSR count). The van der Waals surface area contributed by atoms with E-state index in [1.54, 1.807) is 28.6 Å². The molecular weight excluding hydrogens is 992 g/mol. The second kappa shape index (κ2) is 21.3. The number of alkyl carbamates (subject to hydrolysis) is 2. The maximum Gasteiger partial charge on any atom is 0.407 e. The molecule has 2 aromatic carbocycles. The zero-order valence-electron chi connectivity index (χ0n) is 44.8. The Labute approximate surface area is 445 Å². The van der Waals surface area contributed by atoms with Crippen LogP contribution in [0.4, 0.5) is 14.0 Å². The van der Waals surface area contributed by atoms with Gasteiger partial charge in [-0.25, -0.2) is 28.9 Å². The maximum atomic E-state index is 17.1. The van der Waals surface area contributed by atoms with Crippen molar-refractivity contribution in [3.8, 4) is 39.5 Å². The summed E-state index contributed by atoms with van der Waals surface area (Å²) >= 11 is 1.58. The first-order valence-electron chi connectivity index (χ1n) is 26.6. The Morgan fingerprint density at radius 1 is 0.829 bits per heavy atom. The number of nitrogens with one attached hydrogen (secondary N) is 4. The Bertz CT molecular complexity index is 3140. The number of H-pyrrole nitrogens is 2. The largest absolute Gasteiger partial charge is 0.464 e. The predicted octanol–water partition coefficient (Wildman–Crippen LogP) is 10.1. The molecule has 4 N–H and O–H groups in total. The van der Waals surface area contributed by atoms with Crippen molar-refractivity contribution in [2.24, 2.45) is 23.7 Å². The molecule has 18 nitrogen and oxygen atoms in total. The Morgan fingerprint density at radius 2 is 1.51 bits per heavy atom. The summed E-state index contributed by atoms with van der Waals surface area (Å²) in [6.07, 6.45) is 7.32. The molecule has 8 heterocycles. The highest BCUT2D eigenvalue weighted by Crippen LogP contribution is 2.49. The quantitative estimate of drug-likeness (QED) is 0.0855. The number of ether oxygens (including phenoxy) is 4. The van der Waals surface area contributed by atoms with Crippen LogP contribution in [-0.2, 0) is 30.2 Å². The minimum Gasteiger partial charge on any atom is -0.464 e. The van der Waals surface area contributed by atoms with E-state index in [2.05, 4.69) is 54.4 Å². The van der Waals surface area contributed by atoms with Crippen LogP contribution in [-0.4, -0.2) is 114 Å². The molecule has 76 heavy (non-hydrogen) atoms. The molecule has 6 aromatic rings. The first-order chi connectivity index (χ1) is 36.4. The second-order valence-electron chi connectivity index (χ2n) is 22.0. The van der Waals surface area contributed by atoms with E-state index in [9.17, 15) is 19.2 Å². The van der Waals surface area contributed by atoms with E-state index in [1.165, 1.54) is 20.3 Å². The summed E-state index contributed by atoms with van der Waals surface area (Å²) in [4.78, 5) is 79.5. The summed E-state index contributed by atoms with van der Waals surface area (Å²) in [6, 6.07) is 8.95. The third-order valence-corrected chi connectivity index (χ3v) is 16.8. The first kappa shape index (κ1) is 52.6. The van der Waals surface area contributed by atoms with Gasteiger partial charge < -0.3 is 49.3 Å². The average Bonchev–Trinajstić information content (AvgIpc) is 4.27. The molecule has 0 bridgehead atoms. The monoisotopic (exact) mass is 1060 g/mol. The number of nitrogens with zero attached hydrogens (tertiary/aromatic N) is 6. The van der Waals surface area contributed by atoms with Crippen LogP contribution in [0.3, 0.4) is 0 Å². The zero-order chi connectivity index (χ0) is 53.9. The Morgan fingerprint density at radius 3 is 2.20 bits per heavy atom. The number of thiazole rings is 1. The van der Waals surface area contributed by atoms with Gasteiger partial charge in [0.2, 0.25) is 18.0 Å². The van der Waals surface area contributed by atoms with Gasteiger partial charge in [0, 0.05) is 41.7 Å². The van der Waals surface area contributed by atoms with Crippen molar-refractivity contribution in [3.63, 3.8) is 0 Å². The smallest absolute Gasteiger partial charge is 0.407 e. The fourth-order valence-corrected chi connectivity index (χ4v) is 13.1. The lowest BCUT2D eigenvalue weighted by atomic mass is 9.85. The lowest BCUT2D eigenvalue weighted by molar-refractivity contribution is -0.140. The fraction of sp³-hybridized carbons (Fsp3) is 0.518. The van der Waals surface area contributed by atoms with Gasteiger partial charge in [-0.1, -0.05) is 40.7 Å². The van der Waals surface area contributed by atoms with Gasteiger partial charge in [-0.05, 0) is 107 Å². The summed E-state index contributed by atoms with van der Waals surface area (Å²) in [5, 5.41) is 7.42. The van der Waals surface area contributed by atoms with E-state index in [0.717, 1.165) is 44.9 Å². The number of hydrogen-bond donors (Lipinski definition) is 4. The minimum atomic E-state index is -0.803. The van der Waals surface area contributed by atoms with Crippen LogP contribution in [0.1, 0.15) is 127 Å². The molecule has 0 spiro atoms. The van der Waals surface area contributed by atoms with Gasteiger partial charge in [0.1, 0.15) is 35.3 Å². The van der Waals surface area contributed by atoms with Crippen LogP contribution in [0.25, 0.3) is 44.7 Å². The molecule has 3 unspecified atom stereocenters. The molecule has 10 atom stereocenters. The molecule has 3 fully saturated rings. The van der Waals surface area contributed by atoms with Gasteiger partial charge in [0.15, 0.2) is 0 Å². The van der Waals surface area contributed by atoms with Crippen molar-refractivity contribution in [1.29, 1.82) is 0 Å². The number of carbonyl (C=O) groups excluding carboxylic acids is 4. The molecule has 4 aliphatic heterocycles. The van der Waals surface area contributed by atoms with E-state index in [1.807, 2.05) is 67.6 Å². The third-order valence-electron chi connectivity index (χ3n) is 15.8. The topological polar surface area (TPSA) is 211 Å². The molecule has 20 heteroatoms. The molecule has 4 amide bonds. The highest BCUT2D eigenvalue weighted by molar-refractivity contribution is 7.11. The number of likely N-dealkylation sites (tertiary alicyclic amines) is 2. The lowest BCUT2D eigenvalue weighted by Gasteiger charge is -2.39. The fourth-order valence-electron chi connectivity index (χ4n) is 11.9. The number of carbonyl (C=O) groups is 4. The minimum absolute atomic E-state index is 0.0671. The number of halogens is 1. The van der Waals surface area contributed by atoms with Crippen LogP contribution < -0.4 is 15.4 Å². The summed E-state index contributed by atoms with van der Waals surface area (Å²) in [5.41, 5.74) is 4.49. The Hall–Kier alpha value is -6.80. The van der Waals surface area contributed by atoms with Crippen molar-refractivity contribution < 1.29 is 42.5 Å². The van der Waals surface area contributed by atoms with Crippen LogP contribution in [0.2, 0.25) is 0 Å². The number of rotatable bonds is 13. The first-order valence-corrected chi connectivity index (χ1v) is 27.4. The number of methoxy groups -OCH3 is 2. The predicted molar refractivity (Wildman–Crippen MR) is 285 cm³/mol. The number of amides is 4. The highest BCUT2D eigenvalue weighted by Gasteiger charge is 2.47. The average molecular weight is 1060 g/mol. The van der Waals surface area contributed by atoms with E-state index < -0.39 is 36.3 Å². The van der Waals surface area contributed by atoms with Gasteiger partial charge >= 0.3 is 12.2 Å². The molecule has 0 saturated carbocycles. The van der Waals surface area contributed by atoms with Gasteiger partial charge in [0.05, 0.1) is 89.0 Å². The highest BCUT2D eigenvalue weighted by atomic mass is 32.1. The Balaban J connectivity index is 0.969. The standard InChI is InChI=1S/C56H69FN10O8S/c1-27(2)16-46-58-26-45(76-46)54-67-40-14-13-33(38-24-60-51(61-38)43-17-29(5)32(8)66(43)53(69)49(64-56(71)73-10)36-18-30(6)74-31(7)19-36)20-35(40)22-42(67)47-37(57)21-34(23-44(47)75-54)39-25-59-50(62-39)41-12-11-15-65(41)52(68)48(28(3)4)63-55(70)72-9/h13-14,20-32,36,41,43,48-49,54H,11-12,15-19H2,1-10H3,(H,59,62)(H,60,61)(H,63,70)(H,64,71)/t29-,30-,31+,32-,36?,41+,43+,48+,49?,54?/m1/s1. The second-order valence-corrected chi connectivity index (χ2v) is 23.1. The molecule has 404 valence electrons. The Kier molecular flexibility index (Phi) is 14.8. The molecule has 0 radical (unpaired) electrons. The SMILES string of the molecule is COC(=O)NC(C(=O)N1[C@H](C)[C@H](C)C[C@H]1c1ncc(-c2ccc3c(c2)cc2n3C(c3cnc(CC(C)C)s3)Oc3cc(-c4cnc([C@@H]5CCCN5C(=O)[C@@H](NC(=O)OC)C(C)C)[nH]4)cc(F)c3-2)[nH]1)C1C[C@@H](C)O[C@@H](C)C1. The van der Waals surface area contributed by atoms with Crippen molar-refractivity contribution in [3.05, 3.63) is 82.3 Å². The normalized spacial score (nSPS) is 24.1. The van der Waals surface area contributed by atoms with Crippen LogP contribution in [0.5, 0.6) is 5.75 Å². The summed E-state index contributed by atoms with van der Waals surface area (Å²) in [7, 11) is 2.57. The van der Waals surface area contributed by atoms with Gasteiger partial charge in [-0.15, -0.1) is 11.3 Å². The molecule has 0 aliphatic carbocycles. The van der Waals surface area contributed by atoms with E-state index in [-0.39, 0.29) is 59.9 Å². The molecular formula is C56H69FN10O8S. The van der Waals surface area contributed by atoms with Crippen LogP contribution in [0, 0.1) is 29.5 Å². The summed E-state index contributed by atoms with van der Waals surface area (Å²) < 4.78 is 41.9. The summed E-state index contributed by atoms with van der Waals surface area (Å²) in [5.74, 6) is 0.923. The lowest BCUT2D eigenvalue weighted by Crippen LogP contribution is -2.55. The molecule has 4 aromatic heterocycles. The number of fused-ring (bicyclic) bond motifs is 5. The van der Waals surface area contributed by atoms with Gasteiger partial charge in [0.25, 0.3) is 0 Å². The third kappa shape index (κ3) is 10.0.